The van der Waals surface area contributed by atoms with E-state index in [9.17, 15) is 18.0 Å². The highest BCUT2D eigenvalue weighted by Crippen LogP contribution is 2.18. The fraction of sp³-hybridized carbons (Fsp3) is 0.579. The summed E-state index contributed by atoms with van der Waals surface area (Å²) in [5.74, 6) is 0.313. The van der Waals surface area contributed by atoms with Crippen molar-refractivity contribution in [3.8, 4) is 0 Å². The number of piperidine rings is 1. The van der Waals surface area contributed by atoms with Crippen LogP contribution in [0.15, 0.2) is 29.2 Å². The summed E-state index contributed by atoms with van der Waals surface area (Å²) >= 11 is 0. The van der Waals surface area contributed by atoms with Crippen molar-refractivity contribution in [1.82, 2.24) is 10.2 Å². The van der Waals surface area contributed by atoms with Gasteiger partial charge < -0.3 is 15.0 Å². The number of nitrogens with zero attached hydrogens (tertiary/aromatic N) is 1. The third kappa shape index (κ3) is 7.12. The molecule has 1 heterocycles. The molecule has 0 bridgehead atoms. The minimum Gasteiger partial charge on any atom is -0.444 e. The van der Waals surface area contributed by atoms with Gasteiger partial charge in [0.25, 0.3) is 0 Å². The first-order valence-electron chi connectivity index (χ1n) is 9.30. The molecule has 28 heavy (non-hydrogen) atoms. The molecular weight excluding hydrogens is 382 g/mol. The van der Waals surface area contributed by atoms with Crippen molar-refractivity contribution in [2.45, 2.75) is 50.5 Å². The molecule has 0 aromatic heterocycles. The Balaban J connectivity index is 1.76. The molecule has 0 radical (unpaired) electrons. The number of sulfonamides is 1. The number of nitrogens with one attached hydrogen (secondary N) is 1. The molecule has 3 N–H and O–H groups in total. The molecule has 156 valence electrons. The van der Waals surface area contributed by atoms with E-state index < -0.39 is 21.7 Å². The molecule has 1 fully saturated rings. The van der Waals surface area contributed by atoms with Gasteiger partial charge in [-0.1, -0.05) is 12.1 Å². The van der Waals surface area contributed by atoms with E-state index in [-0.39, 0.29) is 17.2 Å². The second-order valence-corrected chi connectivity index (χ2v) is 9.63. The molecule has 1 saturated heterocycles. The van der Waals surface area contributed by atoms with Gasteiger partial charge in [-0.25, -0.2) is 18.4 Å². The Bertz CT molecular complexity index is 792. The number of alkyl carbamates (subject to hydrolysis) is 1. The lowest BCUT2D eigenvalue weighted by Gasteiger charge is -2.32. The predicted octanol–water partition coefficient (Wildman–Crippen LogP) is 1.64. The van der Waals surface area contributed by atoms with Crippen molar-refractivity contribution in [3.05, 3.63) is 29.8 Å². The zero-order valence-corrected chi connectivity index (χ0v) is 17.4. The van der Waals surface area contributed by atoms with Crippen LogP contribution in [0.3, 0.4) is 0 Å². The SMILES string of the molecule is CC(C)(C)OC(=O)NCC1CCN(C(=O)Cc2ccc(S(N)(=O)=O)cc2)CC1. The minimum atomic E-state index is -3.73. The molecule has 0 atom stereocenters. The quantitative estimate of drug-likeness (QED) is 0.763. The van der Waals surface area contributed by atoms with Crippen LogP contribution >= 0.6 is 0 Å². The fourth-order valence-electron chi connectivity index (χ4n) is 3.01. The van der Waals surface area contributed by atoms with Gasteiger partial charge in [-0.3, -0.25) is 4.79 Å². The van der Waals surface area contributed by atoms with Crippen molar-refractivity contribution >= 4 is 22.0 Å². The van der Waals surface area contributed by atoms with Crippen molar-refractivity contribution in [2.75, 3.05) is 19.6 Å². The lowest BCUT2D eigenvalue weighted by Crippen LogP contribution is -2.42. The van der Waals surface area contributed by atoms with Crippen molar-refractivity contribution in [2.24, 2.45) is 11.1 Å². The average molecular weight is 412 g/mol. The number of rotatable bonds is 5. The summed E-state index contributed by atoms with van der Waals surface area (Å²) in [5, 5.41) is 7.86. The predicted molar refractivity (Wildman–Crippen MR) is 105 cm³/mol. The highest BCUT2D eigenvalue weighted by atomic mass is 32.2. The number of nitrogens with two attached hydrogens (primary N) is 1. The van der Waals surface area contributed by atoms with Crippen molar-refractivity contribution in [1.29, 1.82) is 0 Å². The molecule has 0 unspecified atom stereocenters. The van der Waals surface area contributed by atoms with E-state index in [4.69, 9.17) is 9.88 Å². The first-order chi connectivity index (χ1) is 12.9. The Labute approximate surface area is 166 Å². The number of likely N-dealkylation sites (tertiary alicyclic amines) is 1. The Kier molecular flexibility index (Phi) is 7.06. The third-order valence-electron chi connectivity index (χ3n) is 4.51. The normalized spacial score (nSPS) is 15.9. The van der Waals surface area contributed by atoms with Gasteiger partial charge in [-0.05, 0) is 57.2 Å². The van der Waals surface area contributed by atoms with Crippen LogP contribution < -0.4 is 10.5 Å². The van der Waals surface area contributed by atoms with Gasteiger partial charge in [0.2, 0.25) is 15.9 Å². The average Bonchev–Trinajstić information content (AvgIpc) is 2.58. The van der Waals surface area contributed by atoms with Gasteiger partial charge >= 0.3 is 6.09 Å². The first-order valence-corrected chi connectivity index (χ1v) is 10.8. The number of carbonyl (C=O) groups is 2. The second-order valence-electron chi connectivity index (χ2n) is 8.07. The van der Waals surface area contributed by atoms with Crippen LogP contribution in [-0.2, 0) is 26.0 Å². The lowest BCUT2D eigenvalue weighted by molar-refractivity contribution is -0.131. The smallest absolute Gasteiger partial charge is 0.407 e. The Morgan fingerprint density at radius 3 is 2.25 bits per heavy atom. The van der Waals surface area contributed by atoms with Gasteiger partial charge in [-0.2, -0.15) is 0 Å². The largest absolute Gasteiger partial charge is 0.444 e. The number of benzene rings is 1. The van der Waals surface area contributed by atoms with E-state index in [0.717, 1.165) is 18.4 Å². The van der Waals surface area contributed by atoms with Crippen LogP contribution in [-0.4, -0.2) is 50.6 Å². The summed E-state index contributed by atoms with van der Waals surface area (Å²) in [4.78, 5) is 26.0. The van der Waals surface area contributed by atoms with Crippen LogP contribution in [0.2, 0.25) is 0 Å². The van der Waals surface area contributed by atoms with Crippen LogP contribution in [0.5, 0.6) is 0 Å². The zero-order valence-electron chi connectivity index (χ0n) is 16.6. The molecule has 0 saturated carbocycles. The summed E-state index contributed by atoms with van der Waals surface area (Å²) in [7, 11) is -3.73. The Morgan fingerprint density at radius 1 is 1.18 bits per heavy atom. The molecule has 8 nitrogen and oxygen atoms in total. The highest BCUT2D eigenvalue weighted by molar-refractivity contribution is 7.89. The number of carbonyl (C=O) groups excluding carboxylic acids is 2. The molecule has 2 amide bonds. The number of hydrogen-bond donors (Lipinski definition) is 2. The molecular formula is C19H29N3O5S. The zero-order chi connectivity index (χ0) is 20.9. The molecule has 0 spiro atoms. The van der Waals surface area contributed by atoms with E-state index in [0.29, 0.717) is 25.6 Å². The van der Waals surface area contributed by atoms with Gasteiger partial charge in [0.15, 0.2) is 0 Å². The molecule has 9 heteroatoms. The first kappa shape index (κ1) is 22.2. The lowest BCUT2D eigenvalue weighted by atomic mass is 9.96. The minimum absolute atomic E-state index is 0.00177. The Hall–Kier alpha value is -2.13. The van der Waals surface area contributed by atoms with Gasteiger partial charge in [0.05, 0.1) is 11.3 Å². The van der Waals surface area contributed by atoms with E-state index in [1.807, 2.05) is 20.8 Å². The highest BCUT2D eigenvalue weighted by Gasteiger charge is 2.24. The van der Waals surface area contributed by atoms with Crippen molar-refractivity contribution < 1.29 is 22.7 Å². The molecule has 1 aliphatic heterocycles. The second kappa shape index (κ2) is 8.91. The number of primary sulfonamides is 1. The molecule has 0 aliphatic carbocycles. The number of hydrogen-bond acceptors (Lipinski definition) is 5. The van der Waals surface area contributed by atoms with Gasteiger partial charge in [0.1, 0.15) is 5.60 Å². The van der Waals surface area contributed by atoms with Gasteiger partial charge in [0, 0.05) is 19.6 Å². The monoisotopic (exact) mass is 411 g/mol. The molecule has 1 aliphatic rings. The van der Waals surface area contributed by atoms with E-state index >= 15 is 0 Å². The fourth-order valence-corrected chi connectivity index (χ4v) is 3.53. The Morgan fingerprint density at radius 2 is 1.75 bits per heavy atom. The van der Waals surface area contributed by atoms with Crippen molar-refractivity contribution in [3.63, 3.8) is 0 Å². The van der Waals surface area contributed by atoms with Crippen LogP contribution in [0.1, 0.15) is 39.2 Å². The summed E-state index contributed by atoms with van der Waals surface area (Å²) < 4.78 is 27.8. The van der Waals surface area contributed by atoms with Crippen LogP contribution in [0.4, 0.5) is 4.79 Å². The topological polar surface area (TPSA) is 119 Å². The molecule has 2 rings (SSSR count). The summed E-state index contributed by atoms with van der Waals surface area (Å²) in [6, 6.07) is 6.03. The molecule has 1 aromatic rings. The maximum absolute atomic E-state index is 12.5. The number of ether oxygens (including phenoxy) is 1. The maximum atomic E-state index is 12.5. The van der Waals surface area contributed by atoms with E-state index in [1.165, 1.54) is 12.1 Å². The summed E-state index contributed by atoms with van der Waals surface area (Å²) in [6.45, 7) is 7.26. The van der Waals surface area contributed by atoms with E-state index in [1.54, 1.807) is 17.0 Å². The number of amides is 2. The molecule has 1 aromatic carbocycles. The van der Waals surface area contributed by atoms with Gasteiger partial charge in [-0.15, -0.1) is 0 Å². The maximum Gasteiger partial charge on any atom is 0.407 e. The van der Waals surface area contributed by atoms with Crippen LogP contribution in [0, 0.1) is 5.92 Å². The summed E-state index contributed by atoms with van der Waals surface area (Å²) in [6.07, 6.45) is 1.41. The third-order valence-corrected chi connectivity index (χ3v) is 5.44. The van der Waals surface area contributed by atoms with Crippen LogP contribution in [0.25, 0.3) is 0 Å². The standard InChI is InChI=1S/C19H29N3O5S/c1-19(2,3)27-18(24)21-13-15-8-10-22(11-9-15)17(23)12-14-4-6-16(7-5-14)28(20,25)26/h4-7,15H,8-13H2,1-3H3,(H,21,24)(H2,20,25,26). The van der Waals surface area contributed by atoms with E-state index in [2.05, 4.69) is 5.32 Å². The summed E-state index contributed by atoms with van der Waals surface area (Å²) in [5.41, 5.74) is 0.220.